The first-order chi connectivity index (χ1) is 12.7. The summed E-state index contributed by atoms with van der Waals surface area (Å²) in [7, 11) is 0. The predicted octanol–water partition coefficient (Wildman–Crippen LogP) is 3.99. The second-order valence-electron chi connectivity index (χ2n) is 7.49. The molecule has 2 fully saturated rings. The second kappa shape index (κ2) is 7.60. The molecule has 1 amide bonds. The van der Waals surface area contributed by atoms with Gasteiger partial charge in [0.15, 0.2) is 0 Å². The third kappa shape index (κ3) is 3.53. The Morgan fingerprint density at radius 1 is 1.00 bits per heavy atom. The van der Waals surface area contributed by atoms with Crippen molar-refractivity contribution in [3.05, 3.63) is 36.3 Å². The van der Waals surface area contributed by atoms with Crippen LogP contribution in [-0.4, -0.2) is 42.0 Å². The Morgan fingerprint density at radius 3 is 2.46 bits per heavy atom. The minimum atomic E-state index is -0.238. The first-order valence-corrected chi connectivity index (χ1v) is 9.80. The van der Waals surface area contributed by atoms with E-state index in [4.69, 9.17) is 0 Å². The smallest absolute Gasteiger partial charge is 0.225 e. The van der Waals surface area contributed by atoms with E-state index >= 15 is 0 Å². The van der Waals surface area contributed by atoms with Crippen LogP contribution in [0.25, 0.3) is 10.9 Å². The van der Waals surface area contributed by atoms with E-state index in [-0.39, 0.29) is 11.7 Å². The topological polar surface area (TPSA) is 36.4 Å². The molecule has 0 aliphatic carbocycles. The molecule has 2 aliphatic heterocycles. The lowest BCUT2D eigenvalue weighted by atomic mass is 9.94. The largest absolute Gasteiger partial charge is 0.371 e. The Bertz CT molecular complexity index is 778. The number of piperidine rings is 1. The molecule has 3 heterocycles. The maximum absolute atomic E-state index is 13.7. The molecule has 1 aromatic heterocycles. The molecular weight excluding hydrogens is 329 g/mol. The van der Waals surface area contributed by atoms with Gasteiger partial charge in [-0.05, 0) is 49.9 Å². The number of benzene rings is 1. The number of fused-ring (bicyclic) bond motifs is 1. The zero-order valence-electron chi connectivity index (χ0n) is 15.2. The molecule has 138 valence electrons. The fraction of sp³-hybridized carbons (Fsp3) is 0.524. The van der Waals surface area contributed by atoms with Crippen molar-refractivity contribution in [3.8, 4) is 0 Å². The molecule has 0 spiro atoms. The second-order valence-corrected chi connectivity index (χ2v) is 7.49. The van der Waals surface area contributed by atoms with Crippen LogP contribution in [-0.2, 0) is 4.79 Å². The van der Waals surface area contributed by atoms with E-state index in [0.29, 0.717) is 5.91 Å². The van der Waals surface area contributed by atoms with Crippen molar-refractivity contribution < 1.29 is 9.18 Å². The van der Waals surface area contributed by atoms with Crippen molar-refractivity contribution in [2.75, 3.05) is 31.1 Å². The summed E-state index contributed by atoms with van der Waals surface area (Å²) in [6.45, 7) is 3.51. The lowest BCUT2D eigenvalue weighted by molar-refractivity contribution is -0.136. The number of carbonyl (C=O) groups is 1. The van der Waals surface area contributed by atoms with Gasteiger partial charge in [-0.2, -0.15) is 0 Å². The van der Waals surface area contributed by atoms with Crippen LogP contribution in [0.1, 0.15) is 38.5 Å². The van der Waals surface area contributed by atoms with Gasteiger partial charge in [0.1, 0.15) is 5.82 Å². The molecule has 0 unspecified atom stereocenters. The summed E-state index contributed by atoms with van der Waals surface area (Å²) in [4.78, 5) is 21.6. The number of hydrogen-bond acceptors (Lipinski definition) is 3. The number of rotatable bonds is 2. The van der Waals surface area contributed by atoms with E-state index in [1.165, 1.54) is 18.9 Å². The highest BCUT2D eigenvalue weighted by Crippen LogP contribution is 2.30. The van der Waals surface area contributed by atoms with Crippen LogP contribution < -0.4 is 4.90 Å². The van der Waals surface area contributed by atoms with E-state index in [9.17, 15) is 9.18 Å². The van der Waals surface area contributed by atoms with Gasteiger partial charge in [0.05, 0.1) is 5.52 Å². The number of aromatic nitrogens is 1. The van der Waals surface area contributed by atoms with Crippen LogP contribution in [0.15, 0.2) is 30.5 Å². The van der Waals surface area contributed by atoms with Crippen LogP contribution in [0.4, 0.5) is 10.1 Å². The van der Waals surface area contributed by atoms with Gasteiger partial charge in [-0.1, -0.05) is 12.8 Å². The predicted molar refractivity (Wildman–Crippen MR) is 102 cm³/mol. The number of anilines is 1. The van der Waals surface area contributed by atoms with Crippen molar-refractivity contribution in [2.24, 2.45) is 5.92 Å². The fourth-order valence-electron chi connectivity index (χ4n) is 4.30. The Kier molecular flexibility index (Phi) is 5.05. The Labute approximate surface area is 154 Å². The van der Waals surface area contributed by atoms with Crippen molar-refractivity contribution >= 4 is 22.5 Å². The Morgan fingerprint density at radius 2 is 1.73 bits per heavy atom. The van der Waals surface area contributed by atoms with Gasteiger partial charge in [0, 0.05) is 49.4 Å². The highest BCUT2D eigenvalue weighted by atomic mass is 19.1. The number of pyridine rings is 1. The minimum absolute atomic E-state index is 0.134. The van der Waals surface area contributed by atoms with E-state index in [1.54, 1.807) is 18.3 Å². The highest BCUT2D eigenvalue weighted by Gasteiger charge is 2.29. The summed E-state index contributed by atoms with van der Waals surface area (Å²) >= 11 is 0. The number of hydrogen-bond donors (Lipinski definition) is 0. The van der Waals surface area contributed by atoms with E-state index in [1.807, 2.05) is 6.07 Å². The minimum Gasteiger partial charge on any atom is -0.371 e. The first-order valence-electron chi connectivity index (χ1n) is 9.80. The molecule has 0 bridgehead atoms. The third-order valence-corrected chi connectivity index (χ3v) is 5.78. The molecule has 2 aromatic rings. The van der Waals surface area contributed by atoms with Gasteiger partial charge in [-0.15, -0.1) is 0 Å². The van der Waals surface area contributed by atoms with E-state index in [2.05, 4.69) is 14.8 Å². The van der Waals surface area contributed by atoms with Gasteiger partial charge >= 0.3 is 0 Å². The molecule has 0 atom stereocenters. The van der Waals surface area contributed by atoms with Gasteiger partial charge in [-0.3, -0.25) is 9.78 Å². The number of amides is 1. The molecule has 0 radical (unpaired) electrons. The van der Waals surface area contributed by atoms with Crippen molar-refractivity contribution in [2.45, 2.75) is 38.5 Å². The monoisotopic (exact) mass is 355 g/mol. The maximum Gasteiger partial charge on any atom is 0.225 e. The summed E-state index contributed by atoms with van der Waals surface area (Å²) < 4.78 is 13.7. The van der Waals surface area contributed by atoms with Gasteiger partial charge in [0.2, 0.25) is 5.91 Å². The summed E-state index contributed by atoms with van der Waals surface area (Å²) in [5.74, 6) is 0.240. The van der Waals surface area contributed by atoms with Crippen LogP contribution in [0, 0.1) is 11.7 Å². The fourth-order valence-corrected chi connectivity index (χ4v) is 4.30. The third-order valence-electron chi connectivity index (χ3n) is 5.78. The molecule has 2 aliphatic rings. The maximum atomic E-state index is 13.7. The molecule has 1 aromatic carbocycles. The quantitative estimate of drug-likeness (QED) is 0.817. The van der Waals surface area contributed by atoms with Crippen molar-refractivity contribution in [1.82, 2.24) is 9.88 Å². The Balaban J connectivity index is 1.45. The van der Waals surface area contributed by atoms with Gasteiger partial charge in [-0.25, -0.2) is 4.39 Å². The number of likely N-dealkylation sites (tertiary alicyclic amines) is 1. The molecule has 4 rings (SSSR count). The molecule has 26 heavy (non-hydrogen) atoms. The number of carbonyl (C=O) groups excluding carboxylic acids is 1. The van der Waals surface area contributed by atoms with Crippen LogP contribution in [0.5, 0.6) is 0 Å². The van der Waals surface area contributed by atoms with Gasteiger partial charge < -0.3 is 9.80 Å². The molecular formula is C21H26FN3O. The number of halogens is 1. The molecule has 2 saturated heterocycles. The van der Waals surface area contributed by atoms with E-state index in [0.717, 1.165) is 68.5 Å². The molecule has 0 saturated carbocycles. The molecule has 0 N–H and O–H groups in total. The summed E-state index contributed by atoms with van der Waals surface area (Å²) in [6.07, 6.45) is 8.28. The Hall–Kier alpha value is -2.17. The molecule has 4 nitrogen and oxygen atoms in total. The van der Waals surface area contributed by atoms with E-state index < -0.39 is 0 Å². The lowest BCUT2D eigenvalue weighted by Gasteiger charge is -2.35. The summed E-state index contributed by atoms with van der Waals surface area (Å²) in [5.41, 5.74) is 1.84. The van der Waals surface area contributed by atoms with Crippen molar-refractivity contribution in [3.63, 3.8) is 0 Å². The molecule has 5 heteroatoms. The van der Waals surface area contributed by atoms with Crippen LogP contribution in [0.3, 0.4) is 0 Å². The summed E-state index contributed by atoms with van der Waals surface area (Å²) in [5, 5.41) is 0.852. The average Bonchev–Trinajstić information content (AvgIpc) is 2.96. The first kappa shape index (κ1) is 17.3. The van der Waals surface area contributed by atoms with Crippen LogP contribution in [0.2, 0.25) is 0 Å². The normalized spacial score (nSPS) is 19.6. The number of nitrogens with zero attached hydrogens (tertiary/aromatic N) is 3. The lowest BCUT2D eigenvalue weighted by Crippen LogP contribution is -2.43. The van der Waals surface area contributed by atoms with Crippen molar-refractivity contribution in [1.29, 1.82) is 0 Å². The highest BCUT2D eigenvalue weighted by molar-refractivity contribution is 5.91. The zero-order chi connectivity index (χ0) is 17.9. The average molecular weight is 355 g/mol. The SMILES string of the molecule is O=C(C1CCN(c2ccnc3ccc(F)cc23)CC1)N1CCCCCC1. The standard InChI is InChI=1S/C21H26FN3O/c22-17-5-6-19-18(15-17)20(7-10-23-19)24-13-8-16(9-14-24)21(26)25-11-3-1-2-4-12-25/h5-7,10,15-16H,1-4,8-9,11-14H2. The zero-order valence-corrected chi connectivity index (χ0v) is 15.2. The summed E-state index contributed by atoms with van der Waals surface area (Å²) in [6, 6.07) is 6.69. The van der Waals surface area contributed by atoms with Crippen LogP contribution >= 0.6 is 0 Å². The van der Waals surface area contributed by atoms with Gasteiger partial charge in [0.25, 0.3) is 0 Å².